The molecular weight excluding hydrogens is 440 g/mol. The van der Waals surface area contributed by atoms with E-state index in [1.807, 2.05) is 0 Å². The predicted molar refractivity (Wildman–Crippen MR) is 120 cm³/mol. The van der Waals surface area contributed by atoms with Crippen LogP contribution in [-0.2, 0) is 16.6 Å². The van der Waals surface area contributed by atoms with E-state index in [4.69, 9.17) is 4.74 Å². The fourth-order valence-electron chi connectivity index (χ4n) is 2.73. The minimum atomic E-state index is -3.50. The van der Waals surface area contributed by atoms with Crippen molar-refractivity contribution in [1.82, 2.24) is 20.3 Å². The van der Waals surface area contributed by atoms with Gasteiger partial charge in [-0.3, -0.25) is 4.79 Å². The van der Waals surface area contributed by atoms with Gasteiger partial charge in [-0.2, -0.15) is 4.31 Å². The molecule has 1 heterocycles. The first-order chi connectivity index (χ1) is 14.8. The highest BCUT2D eigenvalue weighted by Crippen LogP contribution is 2.24. The largest absolute Gasteiger partial charge is 0.497 e. The van der Waals surface area contributed by atoms with Gasteiger partial charge < -0.3 is 20.7 Å². The summed E-state index contributed by atoms with van der Waals surface area (Å²) in [5.41, 5.74) is 0.469. The second-order valence-corrected chi connectivity index (χ2v) is 9.74. The Morgan fingerprint density at radius 1 is 1.03 bits per heavy atom. The molecule has 0 atom stereocenters. The first kappa shape index (κ1) is 24.6. The van der Waals surface area contributed by atoms with Crippen LogP contribution in [0.3, 0.4) is 0 Å². The molecule has 0 saturated carbocycles. The molecule has 3 N–H and O–H groups in total. The molecule has 1 aromatic heterocycles. The van der Waals surface area contributed by atoms with Gasteiger partial charge in [0.05, 0.1) is 13.7 Å². The lowest BCUT2D eigenvalue weighted by Gasteiger charge is -2.16. The molecule has 2 aromatic rings. The van der Waals surface area contributed by atoms with Crippen LogP contribution in [0.15, 0.2) is 40.6 Å². The topological polar surface area (TPSA) is 117 Å². The molecule has 0 aliphatic carbocycles. The number of urea groups is 1. The van der Waals surface area contributed by atoms with E-state index in [9.17, 15) is 18.0 Å². The molecule has 0 aliphatic heterocycles. The Hall–Kier alpha value is -2.63. The number of nitrogens with one attached hydrogen (secondary N) is 3. The summed E-state index contributed by atoms with van der Waals surface area (Å²) < 4.78 is 31.8. The number of carbonyl (C=O) groups excluding carboxylic acids is 2. The van der Waals surface area contributed by atoms with Crippen LogP contribution in [0.4, 0.5) is 4.79 Å². The number of hydrogen-bond acceptors (Lipinski definition) is 6. The Morgan fingerprint density at radius 3 is 2.42 bits per heavy atom. The molecule has 11 heteroatoms. The van der Waals surface area contributed by atoms with Crippen molar-refractivity contribution in [2.45, 2.75) is 24.6 Å². The van der Waals surface area contributed by atoms with E-state index in [1.165, 1.54) is 11.4 Å². The van der Waals surface area contributed by atoms with Crippen molar-refractivity contribution in [1.29, 1.82) is 0 Å². The number of sulfonamides is 1. The number of thiophene rings is 1. The number of methoxy groups -OCH3 is 1. The van der Waals surface area contributed by atoms with Crippen molar-refractivity contribution >= 4 is 33.3 Å². The lowest BCUT2D eigenvalue weighted by atomic mass is 10.2. The van der Waals surface area contributed by atoms with E-state index in [0.29, 0.717) is 24.4 Å². The summed E-state index contributed by atoms with van der Waals surface area (Å²) in [4.78, 5) is 24.8. The van der Waals surface area contributed by atoms with Crippen LogP contribution in [0.25, 0.3) is 0 Å². The van der Waals surface area contributed by atoms with E-state index in [1.54, 1.807) is 50.2 Å². The zero-order valence-electron chi connectivity index (χ0n) is 17.8. The van der Waals surface area contributed by atoms with E-state index >= 15 is 0 Å². The highest BCUT2D eigenvalue weighted by atomic mass is 32.2. The van der Waals surface area contributed by atoms with E-state index < -0.39 is 16.1 Å². The van der Waals surface area contributed by atoms with Crippen LogP contribution in [0, 0.1) is 0 Å². The number of carbonyl (C=O) groups is 2. The highest BCUT2D eigenvalue weighted by Gasteiger charge is 2.23. The SMILES string of the molecule is CCN(CC)S(=O)(=O)c1ccc(CNC(=O)NCCNC(=O)c2cccc(OC)c2)s1. The molecule has 31 heavy (non-hydrogen) atoms. The minimum Gasteiger partial charge on any atom is -0.497 e. The molecule has 170 valence electrons. The molecular formula is C20H28N4O5S2. The van der Waals surface area contributed by atoms with Crippen LogP contribution in [-0.4, -0.2) is 58.0 Å². The minimum absolute atomic E-state index is 0.209. The monoisotopic (exact) mass is 468 g/mol. The smallest absolute Gasteiger partial charge is 0.315 e. The third-order valence-corrected chi connectivity index (χ3v) is 7.99. The van der Waals surface area contributed by atoms with Crippen molar-refractivity contribution < 1.29 is 22.7 Å². The Kier molecular flexibility index (Phi) is 9.28. The lowest BCUT2D eigenvalue weighted by Crippen LogP contribution is -2.39. The first-order valence-corrected chi connectivity index (χ1v) is 12.1. The van der Waals surface area contributed by atoms with Crippen LogP contribution < -0.4 is 20.7 Å². The molecule has 3 amide bonds. The van der Waals surface area contributed by atoms with Crippen molar-refractivity contribution in [3.63, 3.8) is 0 Å². The van der Waals surface area contributed by atoms with Crippen molar-refractivity contribution in [3.05, 3.63) is 46.8 Å². The van der Waals surface area contributed by atoms with Crippen LogP contribution in [0.2, 0.25) is 0 Å². The van der Waals surface area contributed by atoms with Gasteiger partial charge in [0, 0.05) is 36.6 Å². The van der Waals surface area contributed by atoms with Gasteiger partial charge in [-0.15, -0.1) is 11.3 Å². The molecule has 0 bridgehead atoms. The van der Waals surface area contributed by atoms with Gasteiger partial charge in [0.2, 0.25) is 0 Å². The zero-order valence-corrected chi connectivity index (χ0v) is 19.4. The third kappa shape index (κ3) is 6.94. The standard InChI is InChI=1S/C20H28N4O5S2/c1-4-24(5-2)31(27,28)18-10-9-17(30-18)14-23-20(26)22-12-11-21-19(25)15-7-6-8-16(13-15)29-3/h6-10,13H,4-5,11-12,14H2,1-3H3,(H,21,25)(H2,22,23,26). The van der Waals surface area contributed by atoms with Crippen LogP contribution in [0.5, 0.6) is 5.75 Å². The number of rotatable bonds is 11. The van der Waals surface area contributed by atoms with Gasteiger partial charge in [0.25, 0.3) is 15.9 Å². The second kappa shape index (κ2) is 11.7. The predicted octanol–water partition coefficient (Wildman–Crippen LogP) is 2.02. The maximum atomic E-state index is 12.5. The fraction of sp³-hybridized carbons (Fsp3) is 0.400. The fourth-order valence-corrected chi connectivity index (χ4v) is 5.64. The van der Waals surface area contributed by atoms with Gasteiger partial charge in [0.15, 0.2) is 0 Å². The van der Waals surface area contributed by atoms with Crippen molar-refractivity contribution in [2.75, 3.05) is 33.3 Å². The number of nitrogens with zero attached hydrogens (tertiary/aromatic N) is 1. The first-order valence-electron chi connectivity index (χ1n) is 9.84. The van der Waals surface area contributed by atoms with Gasteiger partial charge >= 0.3 is 6.03 Å². The Morgan fingerprint density at radius 2 is 1.74 bits per heavy atom. The molecule has 0 spiro atoms. The summed E-state index contributed by atoms with van der Waals surface area (Å²) in [7, 11) is -1.97. The van der Waals surface area contributed by atoms with E-state index in [-0.39, 0.29) is 29.8 Å². The van der Waals surface area contributed by atoms with Gasteiger partial charge in [-0.25, -0.2) is 13.2 Å². The van der Waals surface area contributed by atoms with Gasteiger partial charge in [-0.1, -0.05) is 19.9 Å². The highest BCUT2D eigenvalue weighted by molar-refractivity contribution is 7.91. The van der Waals surface area contributed by atoms with Gasteiger partial charge in [-0.05, 0) is 30.3 Å². The van der Waals surface area contributed by atoms with E-state index in [2.05, 4.69) is 16.0 Å². The van der Waals surface area contributed by atoms with Gasteiger partial charge in [0.1, 0.15) is 9.96 Å². The van der Waals surface area contributed by atoms with Crippen molar-refractivity contribution in [2.24, 2.45) is 0 Å². The lowest BCUT2D eigenvalue weighted by molar-refractivity contribution is 0.0953. The molecule has 2 rings (SSSR count). The molecule has 0 saturated heterocycles. The number of ether oxygens (including phenoxy) is 1. The molecule has 0 unspecified atom stereocenters. The van der Waals surface area contributed by atoms with E-state index in [0.717, 1.165) is 16.2 Å². The number of hydrogen-bond donors (Lipinski definition) is 3. The average Bonchev–Trinajstić information content (AvgIpc) is 3.26. The van der Waals surface area contributed by atoms with Crippen LogP contribution in [0.1, 0.15) is 29.1 Å². The third-order valence-electron chi connectivity index (χ3n) is 4.39. The summed E-state index contributed by atoms with van der Waals surface area (Å²) in [6.45, 7) is 5.10. The van der Waals surface area contributed by atoms with Crippen molar-refractivity contribution in [3.8, 4) is 5.75 Å². The number of amides is 3. The Balaban J connectivity index is 1.74. The summed E-state index contributed by atoms with van der Waals surface area (Å²) in [6, 6.07) is 9.62. The van der Waals surface area contributed by atoms with Crippen LogP contribution >= 0.6 is 11.3 Å². The maximum Gasteiger partial charge on any atom is 0.315 e. The molecule has 1 aromatic carbocycles. The summed E-state index contributed by atoms with van der Waals surface area (Å²) in [5, 5.41) is 8.04. The summed E-state index contributed by atoms with van der Waals surface area (Å²) >= 11 is 1.13. The second-order valence-electron chi connectivity index (χ2n) is 6.41. The summed E-state index contributed by atoms with van der Waals surface area (Å²) in [5.74, 6) is 0.327. The molecule has 0 fully saturated rings. The molecule has 0 radical (unpaired) electrons. The zero-order chi connectivity index (χ0) is 22.9. The summed E-state index contributed by atoms with van der Waals surface area (Å²) in [6.07, 6.45) is 0. The Bertz CT molecular complexity index is 987. The number of benzene rings is 1. The molecule has 9 nitrogen and oxygen atoms in total. The molecule has 0 aliphatic rings. The quantitative estimate of drug-likeness (QED) is 0.436. The maximum absolute atomic E-state index is 12.5. The Labute approximate surface area is 186 Å². The normalized spacial score (nSPS) is 11.2. The average molecular weight is 469 g/mol.